The Morgan fingerprint density at radius 1 is 1.47 bits per heavy atom. The Labute approximate surface area is 94.5 Å². The summed E-state index contributed by atoms with van der Waals surface area (Å²) < 4.78 is 0. The first-order valence-electron chi connectivity index (χ1n) is 4.99. The van der Waals surface area contributed by atoms with Crippen molar-refractivity contribution < 1.29 is 10.2 Å². The Hall–Kier alpha value is -0.770. The second kappa shape index (κ2) is 5.35. The van der Waals surface area contributed by atoms with E-state index in [0.29, 0.717) is 30.0 Å². The van der Waals surface area contributed by atoms with Crippen molar-refractivity contribution in [1.82, 2.24) is 0 Å². The number of phenols is 1. The maximum atomic E-state index is 9.85. The molecule has 0 aliphatic heterocycles. The maximum absolute atomic E-state index is 9.85. The molecule has 1 aromatic rings. The first-order chi connectivity index (χ1) is 7.10. The number of aryl methyl sites for hydroxylation is 1. The fourth-order valence-corrected chi connectivity index (χ4v) is 1.76. The second-order valence-electron chi connectivity index (χ2n) is 3.45. The summed E-state index contributed by atoms with van der Waals surface area (Å²) in [5, 5.41) is 20.1. The first-order valence-corrected chi connectivity index (χ1v) is 5.37. The molecule has 0 aliphatic carbocycles. The summed E-state index contributed by atoms with van der Waals surface area (Å²) in [7, 11) is 0. The number of aromatic hydroxyl groups is 1. The summed E-state index contributed by atoms with van der Waals surface area (Å²) in [6.45, 7) is 2.29. The molecule has 1 aromatic carbocycles. The molecule has 4 N–H and O–H groups in total. The smallest absolute Gasteiger partial charge is 0.124 e. The molecule has 0 amide bonds. The molecule has 15 heavy (non-hydrogen) atoms. The van der Waals surface area contributed by atoms with Gasteiger partial charge in [-0.3, -0.25) is 0 Å². The van der Waals surface area contributed by atoms with Gasteiger partial charge < -0.3 is 15.9 Å². The van der Waals surface area contributed by atoms with Gasteiger partial charge in [0, 0.05) is 10.6 Å². The zero-order valence-electron chi connectivity index (χ0n) is 8.70. The van der Waals surface area contributed by atoms with Crippen LogP contribution in [0.15, 0.2) is 12.1 Å². The molecule has 0 heterocycles. The van der Waals surface area contributed by atoms with E-state index in [1.807, 2.05) is 6.92 Å². The van der Waals surface area contributed by atoms with Gasteiger partial charge in [-0.25, -0.2) is 0 Å². The molecule has 0 aromatic heterocycles. The number of rotatable bonds is 4. The van der Waals surface area contributed by atoms with Crippen LogP contribution in [0, 0.1) is 0 Å². The van der Waals surface area contributed by atoms with Crippen molar-refractivity contribution in [1.29, 1.82) is 0 Å². The van der Waals surface area contributed by atoms with E-state index in [2.05, 4.69) is 0 Å². The van der Waals surface area contributed by atoms with Crippen molar-refractivity contribution in [3.8, 4) is 5.75 Å². The summed E-state index contributed by atoms with van der Waals surface area (Å²) in [4.78, 5) is 0. The van der Waals surface area contributed by atoms with Crippen LogP contribution in [0.4, 0.5) is 0 Å². The number of hydrogen-bond donors (Lipinski definition) is 3. The standard InChI is InChI=1S/C11H16ClNO2/c1-2-7-5-8(12)6-9(11(7)15)10(14)3-4-13/h5-6,10,14-15H,2-4,13H2,1H3. The minimum Gasteiger partial charge on any atom is -0.507 e. The van der Waals surface area contributed by atoms with Crippen molar-refractivity contribution in [3.63, 3.8) is 0 Å². The number of nitrogens with two attached hydrogens (primary N) is 1. The third-order valence-corrected chi connectivity index (χ3v) is 2.58. The van der Waals surface area contributed by atoms with Crippen LogP contribution in [-0.4, -0.2) is 16.8 Å². The molecule has 84 valence electrons. The van der Waals surface area contributed by atoms with Gasteiger partial charge in [-0.1, -0.05) is 18.5 Å². The molecule has 0 aliphatic rings. The number of benzene rings is 1. The summed E-state index contributed by atoms with van der Waals surface area (Å²) in [5.74, 6) is 0.128. The summed E-state index contributed by atoms with van der Waals surface area (Å²) >= 11 is 5.89. The molecule has 1 unspecified atom stereocenters. The highest BCUT2D eigenvalue weighted by molar-refractivity contribution is 6.30. The molecule has 0 spiro atoms. The predicted molar refractivity (Wildman–Crippen MR) is 61.1 cm³/mol. The van der Waals surface area contributed by atoms with Crippen LogP contribution < -0.4 is 5.73 Å². The van der Waals surface area contributed by atoms with Gasteiger partial charge in [0.2, 0.25) is 0 Å². The minimum absolute atomic E-state index is 0.128. The largest absolute Gasteiger partial charge is 0.507 e. The van der Waals surface area contributed by atoms with Crippen LogP contribution in [0.1, 0.15) is 30.6 Å². The zero-order chi connectivity index (χ0) is 11.4. The van der Waals surface area contributed by atoms with Crippen molar-refractivity contribution in [3.05, 3.63) is 28.3 Å². The third kappa shape index (κ3) is 2.84. The highest BCUT2D eigenvalue weighted by Crippen LogP contribution is 2.32. The number of aliphatic hydroxyl groups excluding tert-OH is 1. The molecule has 4 heteroatoms. The van der Waals surface area contributed by atoms with Crippen LogP contribution >= 0.6 is 11.6 Å². The first kappa shape index (κ1) is 12.3. The van der Waals surface area contributed by atoms with E-state index in [0.717, 1.165) is 5.56 Å². The fourth-order valence-electron chi connectivity index (χ4n) is 1.52. The van der Waals surface area contributed by atoms with Gasteiger partial charge in [-0.15, -0.1) is 0 Å². The summed E-state index contributed by atoms with van der Waals surface area (Å²) in [6.07, 6.45) is 0.338. The molecule has 0 fully saturated rings. The van der Waals surface area contributed by atoms with Gasteiger partial charge in [0.05, 0.1) is 6.10 Å². The lowest BCUT2D eigenvalue weighted by Crippen LogP contribution is -2.07. The van der Waals surface area contributed by atoms with Crippen molar-refractivity contribution >= 4 is 11.6 Å². The summed E-state index contributed by atoms with van der Waals surface area (Å²) in [5.41, 5.74) is 6.56. The monoisotopic (exact) mass is 229 g/mol. The SMILES string of the molecule is CCc1cc(Cl)cc(C(O)CCN)c1O. The van der Waals surface area contributed by atoms with E-state index >= 15 is 0 Å². The van der Waals surface area contributed by atoms with Crippen molar-refractivity contribution in [2.24, 2.45) is 5.73 Å². The molecule has 1 atom stereocenters. The molecule has 0 bridgehead atoms. The Balaban J connectivity index is 3.11. The molecule has 3 nitrogen and oxygen atoms in total. The average Bonchev–Trinajstić information content (AvgIpc) is 2.21. The minimum atomic E-state index is -0.751. The van der Waals surface area contributed by atoms with E-state index in [4.69, 9.17) is 17.3 Å². The average molecular weight is 230 g/mol. The Kier molecular flexibility index (Phi) is 4.39. The van der Waals surface area contributed by atoms with Gasteiger partial charge >= 0.3 is 0 Å². The Bertz CT molecular complexity index is 342. The Morgan fingerprint density at radius 2 is 2.13 bits per heavy atom. The number of aliphatic hydroxyl groups is 1. The third-order valence-electron chi connectivity index (χ3n) is 2.36. The van der Waals surface area contributed by atoms with Crippen LogP contribution in [0.3, 0.4) is 0 Å². The van der Waals surface area contributed by atoms with E-state index in [-0.39, 0.29) is 5.75 Å². The number of hydrogen-bond acceptors (Lipinski definition) is 3. The van der Waals surface area contributed by atoms with Gasteiger partial charge in [0.1, 0.15) is 5.75 Å². The van der Waals surface area contributed by atoms with Gasteiger partial charge in [0.15, 0.2) is 0 Å². The molecule has 0 saturated heterocycles. The lowest BCUT2D eigenvalue weighted by molar-refractivity contribution is 0.166. The predicted octanol–water partition coefficient (Wildman–Crippen LogP) is 1.99. The van der Waals surface area contributed by atoms with Crippen LogP contribution in [0.25, 0.3) is 0 Å². The Morgan fingerprint density at radius 3 is 2.67 bits per heavy atom. The van der Waals surface area contributed by atoms with Gasteiger partial charge in [0.25, 0.3) is 0 Å². The quantitative estimate of drug-likeness (QED) is 0.740. The zero-order valence-corrected chi connectivity index (χ0v) is 9.46. The molecular formula is C11H16ClNO2. The molecule has 1 rings (SSSR count). The molecular weight excluding hydrogens is 214 g/mol. The van der Waals surface area contributed by atoms with Gasteiger partial charge in [-0.2, -0.15) is 0 Å². The topological polar surface area (TPSA) is 66.5 Å². The lowest BCUT2D eigenvalue weighted by Gasteiger charge is -2.14. The van der Waals surface area contributed by atoms with Crippen LogP contribution in [0.5, 0.6) is 5.75 Å². The maximum Gasteiger partial charge on any atom is 0.124 e. The summed E-state index contributed by atoms with van der Waals surface area (Å²) in [6, 6.07) is 3.28. The van der Waals surface area contributed by atoms with Crippen LogP contribution in [0.2, 0.25) is 5.02 Å². The van der Waals surface area contributed by atoms with E-state index in [9.17, 15) is 10.2 Å². The highest BCUT2D eigenvalue weighted by atomic mass is 35.5. The highest BCUT2D eigenvalue weighted by Gasteiger charge is 2.15. The normalized spacial score (nSPS) is 12.8. The second-order valence-corrected chi connectivity index (χ2v) is 3.89. The molecule has 0 radical (unpaired) electrons. The number of phenolic OH excluding ortho intramolecular Hbond substituents is 1. The van der Waals surface area contributed by atoms with E-state index < -0.39 is 6.10 Å². The lowest BCUT2D eigenvalue weighted by atomic mass is 10.0. The van der Waals surface area contributed by atoms with Gasteiger partial charge in [-0.05, 0) is 37.1 Å². The fraction of sp³-hybridized carbons (Fsp3) is 0.455. The number of halogens is 1. The van der Waals surface area contributed by atoms with E-state index in [1.54, 1.807) is 12.1 Å². The van der Waals surface area contributed by atoms with Crippen LogP contribution in [-0.2, 0) is 6.42 Å². The molecule has 0 saturated carbocycles. The van der Waals surface area contributed by atoms with Crippen molar-refractivity contribution in [2.45, 2.75) is 25.9 Å². The van der Waals surface area contributed by atoms with Crippen molar-refractivity contribution in [2.75, 3.05) is 6.54 Å². The van der Waals surface area contributed by atoms with E-state index in [1.165, 1.54) is 0 Å².